The van der Waals surface area contributed by atoms with Gasteiger partial charge in [-0.1, -0.05) is 6.92 Å². The maximum Gasteiger partial charge on any atom is 0.159 e. The smallest absolute Gasteiger partial charge is 0.159 e. The molecule has 0 radical (unpaired) electrons. The molecule has 0 fully saturated rings. The van der Waals surface area contributed by atoms with Gasteiger partial charge in [0.2, 0.25) is 0 Å². The fourth-order valence-electron chi connectivity index (χ4n) is 1.37. The van der Waals surface area contributed by atoms with Crippen molar-refractivity contribution in [1.29, 1.82) is 0 Å². The van der Waals surface area contributed by atoms with E-state index in [1.807, 2.05) is 10.6 Å². The summed E-state index contributed by atoms with van der Waals surface area (Å²) >= 11 is 0. The van der Waals surface area contributed by atoms with E-state index in [1.165, 1.54) is 0 Å². The van der Waals surface area contributed by atoms with Crippen molar-refractivity contribution in [3.63, 3.8) is 0 Å². The second-order valence-corrected chi connectivity index (χ2v) is 3.05. The van der Waals surface area contributed by atoms with Crippen LogP contribution in [0.15, 0.2) is 18.6 Å². The van der Waals surface area contributed by atoms with Crippen molar-refractivity contribution in [3.8, 4) is 0 Å². The average Bonchev–Trinajstić information content (AvgIpc) is 2.49. The molecule has 4 nitrogen and oxygen atoms in total. The summed E-state index contributed by atoms with van der Waals surface area (Å²) in [5.74, 6) is 0. The van der Waals surface area contributed by atoms with Gasteiger partial charge in [0.25, 0.3) is 0 Å². The first-order valence-corrected chi connectivity index (χ1v) is 4.37. The molecule has 0 aliphatic carbocycles. The van der Waals surface area contributed by atoms with Gasteiger partial charge in [0.05, 0.1) is 18.2 Å². The van der Waals surface area contributed by atoms with Gasteiger partial charge in [0.15, 0.2) is 5.65 Å². The Morgan fingerprint density at radius 1 is 1.46 bits per heavy atom. The zero-order valence-corrected chi connectivity index (χ0v) is 7.57. The average molecular weight is 176 g/mol. The van der Waals surface area contributed by atoms with Crippen LogP contribution in [0.4, 0.5) is 5.69 Å². The number of imidazole rings is 1. The Bertz CT molecular complexity index is 418. The quantitative estimate of drug-likeness (QED) is 0.752. The van der Waals surface area contributed by atoms with Gasteiger partial charge in [-0.15, -0.1) is 0 Å². The van der Waals surface area contributed by atoms with E-state index in [0.29, 0.717) is 5.69 Å². The third-order valence-electron chi connectivity index (χ3n) is 1.94. The number of nitrogens with two attached hydrogens (primary N) is 1. The molecule has 2 heterocycles. The van der Waals surface area contributed by atoms with Crippen LogP contribution in [0.3, 0.4) is 0 Å². The van der Waals surface area contributed by atoms with Crippen LogP contribution in [0.1, 0.15) is 13.3 Å². The van der Waals surface area contributed by atoms with Gasteiger partial charge in [0.1, 0.15) is 5.52 Å². The van der Waals surface area contributed by atoms with Crippen molar-refractivity contribution in [2.75, 3.05) is 5.73 Å². The van der Waals surface area contributed by atoms with Crippen molar-refractivity contribution in [3.05, 3.63) is 18.6 Å². The van der Waals surface area contributed by atoms with Crippen LogP contribution in [0.2, 0.25) is 0 Å². The first-order valence-electron chi connectivity index (χ1n) is 4.37. The number of hydrogen-bond donors (Lipinski definition) is 1. The van der Waals surface area contributed by atoms with Crippen LogP contribution >= 0.6 is 0 Å². The van der Waals surface area contributed by atoms with Crippen LogP contribution in [-0.2, 0) is 6.54 Å². The minimum atomic E-state index is 0.661. The highest BCUT2D eigenvalue weighted by Crippen LogP contribution is 2.12. The number of aryl methyl sites for hydroxylation is 1. The lowest BCUT2D eigenvalue weighted by molar-refractivity contribution is 0.691. The van der Waals surface area contributed by atoms with Crippen molar-refractivity contribution in [2.45, 2.75) is 19.9 Å². The summed E-state index contributed by atoms with van der Waals surface area (Å²) in [7, 11) is 0. The molecule has 68 valence electrons. The van der Waals surface area contributed by atoms with Crippen molar-refractivity contribution in [1.82, 2.24) is 14.5 Å². The Labute approximate surface area is 76.4 Å². The predicted molar refractivity (Wildman–Crippen MR) is 52.2 cm³/mol. The molecule has 0 bridgehead atoms. The van der Waals surface area contributed by atoms with E-state index in [0.717, 1.165) is 24.1 Å². The highest BCUT2D eigenvalue weighted by atomic mass is 15.1. The summed E-state index contributed by atoms with van der Waals surface area (Å²) in [6.07, 6.45) is 4.55. The molecule has 0 spiro atoms. The lowest BCUT2D eigenvalue weighted by Gasteiger charge is -1.99. The molecule has 13 heavy (non-hydrogen) atoms. The number of anilines is 1. The highest BCUT2D eigenvalue weighted by molar-refractivity contribution is 5.74. The zero-order chi connectivity index (χ0) is 9.26. The fourth-order valence-corrected chi connectivity index (χ4v) is 1.37. The Balaban J connectivity index is 2.55. The zero-order valence-electron chi connectivity index (χ0n) is 7.57. The first kappa shape index (κ1) is 8.04. The largest absolute Gasteiger partial charge is 0.397 e. The summed E-state index contributed by atoms with van der Waals surface area (Å²) in [6.45, 7) is 3.08. The normalized spacial score (nSPS) is 10.8. The van der Waals surface area contributed by atoms with Crippen molar-refractivity contribution < 1.29 is 0 Å². The molecule has 4 heteroatoms. The molecular formula is C9H12N4. The highest BCUT2D eigenvalue weighted by Gasteiger charge is 2.02. The van der Waals surface area contributed by atoms with Crippen LogP contribution in [-0.4, -0.2) is 14.5 Å². The molecule has 2 aromatic heterocycles. The lowest BCUT2D eigenvalue weighted by atomic mass is 10.4. The summed E-state index contributed by atoms with van der Waals surface area (Å²) in [5.41, 5.74) is 8.04. The Kier molecular flexibility index (Phi) is 1.88. The summed E-state index contributed by atoms with van der Waals surface area (Å²) in [4.78, 5) is 8.45. The maximum absolute atomic E-state index is 5.60. The molecule has 2 rings (SSSR count). The third-order valence-corrected chi connectivity index (χ3v) is 1.94. The lowest BCUT2D eigenvalue weighted by Crippen LogP contribution is -1.96. The number of hydrogen-bond acceptors (Lipinski definition) is 3. The van der Waals surface area contributed by atoms with E-state index in [2.05, 4.69) is 16.9 Å². The monoisotopic (exact) mass is 176 g/mol. The van der Waals surface area contributed by atoms with Gasteiger partial charge in [-0.2, -0.15) is 0 Å². The molecule has 0 aliphatic heterocycles. The summed E-state index contributed by atoms with van der Waals surface area (Å²) < 4.78 is 2.04. The van der Waals surface area contributed by atoms with E-state index < -0.39 is 0 Å². The Hall–Kier alpha value is -1.58. The second-order valence-electron chi connectivity index (χ2n) is 3.05. The molecule has 0 aromatic carbocycles. The van der Waals surface area contributed by atoms with Gasteiger partial charge in [0, 0.05) is 6.54 Å². The number of pyridine rings is 1. The van der Waals surface area contributed by atoms with Gasteiger partial charge < -0.3 is 10.3 Å². The standard InChI is InChI=1S/C9H12N4/c1-2-3-13-6-12-8-4-7(10)5-11-9(8)13/h4-6H,2-3,10H2,1H3. The molecule has 2 N–H and O–H groups in total. The number of nitrogen functional groups attached to an aromatic ring is 1. The molecule has 0 atom stereocenters. The molecule has 0 amide bonds. The van der Waals surface area contributed by atoms with Gasteiger partial charge in [-0.05, 0) is 12.5 Å². The van der Waals surface area contributed by atoms with Crippen LogP contribution < -0.4 is 5.73 Å². The van der Waals surface area contributed by atoms with E-state index in [9.17, 15) is 0 Å². The number of rotatable bonds is 2. The third kappa shape index (κ3) is 1.35. The molecule has 0 unspecified atom stereocenters. The summed E-state index contributed by atoms with van der Waals surface area (Å²) in [6, 6.07) is 1.84. The van der Waals surface area contributed by atoms with Gasteiger partial charge >= 0.3 is 0 Å². The molecule has 0 aliphatic rings. The molecule has 0 saturated carbocycles. The van der Waals surface area contributed by atoms with Gasteiger partial charge in [-0.3, -0.25) is 0 Å². The summed E-state index contributed by atoms with van der Waals surface area (Å²) in [5, 5.41) is 0. The molecular weight excluding hydrogens is 164 g/mol. The Morgan fingerprint density at radius 2 is 2.31 bits per heavy atom. The van der Waals surface area contributed by atoms with Crippen LogP contribution in [0.25, 0.3) is 11.2 Å². The fraction of sp³-hybridized carbons (Fsp3) is 0.333. The SMILES string of the molecule is CCCn1cnc2cc(N)cnc21. The van der Waals surface area contributed by atoms with E-state index >= 15 is 0 Å². The van der Waals surface area contributed by atoms with Crippen LogP contribution in [0, 0.1) is 0 Å². The minimum absolute atomic E-state index is 0.661. The number of aromatic nitrogens is 3. The second kappa shape index (κ2) is 3.05. The first-order chi connectivity index (χ1) is 6.31. The minimum Gasteiger partial charge on any atom is -0.397 e. The maximum atomic E-state index is 5.60. The number of nitrogens with zero attached hydrogens (tertiary/aromatic N) is 3. The van der Waals surface area contributed by atoms with E-state index in [1.54, 1.807) is 12.5 Å². The predicted octanol–water partition coefficient (Wildman–Crippen LogP) is 1.42. The van der Waals surface area contributed by atoms with Crippen molar-refractivity contribution in [2.24, 2.45) is 0 Å². The topological polar surface area (TPSA) is 56.7 Å². The van der Waals surface area contributed by atoms with E-state index in [-0.39, 0.29) is 0 Å². The van der Waals surface area contributed by atoms with Crippen LogP contribution in [0.5, 0.6) is 0 Å². The van der Waals surface area contributed by atoms with Gasteiger partial charge in [-0.25, -0.2) is 9.97 Å². The van der Waals surface area contributed by atoms with E-state index in [4.69, 9.17) is 5.73 Å². The molecule has 0 saturated heterocycles. The molecule has 2 aromatic rings. The Morgan fingerprint density at radius 3 is 3.08 bits per heavy atom. The number of fused-ring (bicyclic) bond motifs is 1. The van der Waals surface area contributed by atoms with Crippen molar-refractivity contribution >= 4 is 16.9 Å².